The highest BCUT2D eigenvalue weighted by Gasteiger charge is 2.50. The maximum absolute atomic E-state index is 12.8. The lowest BCUT2D eigenvalue weighted by Gasteiger charge is -2.37. The zero-order valence-corrected chi connectivity index (χ0v) is 14.7. The number of anilines is 1. The Morgan fingerprint density at radius 3 is 2.33 bits per heavy atom. The molecule has 1 aliphatic rings. The lowest BCUT2D eigenvalue weighted by atomic mass is 9.95. The van der Waals surface area contributed by atoms with Crippen LogP contribution in [0.4, 0.5) is 5.69 Å². The number of sulfone groups is 1. The Hall–Kier alpha value is -1.93. The van der Waals surface area contributed by atoms with Crippen LogP contribution in [0.2, 0.25) is 0 Å². The fourth-order valence-corrected chi connectivity index (χ4v) is 4.35. The van der Waals surface area contributed by atoms with Gasteiger partial charge in [-0.05, 0) is 38.1 Å². The molecule has 0 unspecified atom stereocenters. The summed E-state index contributed by atoms with van der Waals surface area (Å²) in [5.41, 5.74) is 0.628. The van der Waals surface area contributed by atoms with E-state index in [4.69, 9.17) is 0 Å². The van der Waals surface area contributed by atoms with Gasteiger partial charge >= 0.3 is 0 Å². The van der Waals surface area contributed by atoms with Gasteiger partial charge in [0.25, 0.3) is 0 Å². The zero-order valence-electron chi connectivity index (χ0n) is 13.9. The third-order valence-electron chi connectivity index (χ3n) is 4.30. The van der Waals surface area contributed by atoms with Crippen molar-refractivity contribution in [1.29, 1.82) is 0 Å². The summed E-state index contributed by atoms with van der Waals surface area (Å²) < 4.78 is 23.1. The van der Waals surface area contributed by atoms with E-state index < -0.39 is 20.5 Å². The van der Waals surface area contributed by atoms with Gasteiger partial charge in [0.05, 0.1) is 6.54 Å². The Kier molecular flexibility index (Phi) is 5.61. The first kappa shape index (κ1) is 18.4. The van der Waals surface area contributed by atoms with E-state index in [1.54, 1.807) is 24.3 Å². The lowest BCUT2D eigenvalue weighted by molar-refractivity contribution is -0.136. The number of benzene rings is 1. The van der Waals surface area contributed by atoms with E-state index in [9.17, 15) is 18.0 Å². The molecule has 1 saturated heterocycles. The molecule has 0 atom stereocenters. The average molecular weight is 353 g/mol. The summed E-state index contributed by atoms with van der Waals surface area (Å²) in [6, 6.07) is 8.89. The predicted molar refractivity (Wildman–Crippen MR) is 92.4 cm³/mol. The molecular formula is C16H23N3O4S. The van der Waals surface area contributed by atoms with Gasteiger partial charge in [-0.15, -0.1) is 0 Å². The quantitative estimate of drug-likeness (QED) is 0.791. The maximum Gasteiger partial charge on any atom is 0.244 e. The van der Waals surface area contributed by atoms with Crippen LogP contribution >= 0.6 is 0 Å². The van der Waals surface area contributed by atoms with Gasteiger partial charge in [0.2, 0.25) is 11.8 Å². The largest absolute Gasteiger partial charge is 0.335 e. The van der Waals surface area contributed by atoms with Gasteiger partial charge in [-0.2, -0.15) is 0 Å². The molecule has 24 heavy (non-hydrogen) atoms. The molecule has 0 aliphatic carbocycles. The number of carbonyl (C=O) groups is 2. The fourth-order valence-electron chi connectivity index (χ4n) is 2.93. The van der Waals surface area contributed by atoms with E-state index in [-0.39, 0.29) is 25.3 Å². The minimum absolute atomic E-state index is 0.196. The molecule has 0 spiro atoms. The van der Waals surface area contributed by atoms with Crippen molar-refractivity contribution in [2.24, 2.45) is 0 Å². The monoisotopic (exact) mass is 353 g/mol. The molecular weight excluding hydrogens is 330 g/mol. The molecule has 2 rings (SSSR count). The van der Waals surface area contributed by atoms with Crippen LogP contribution in [0, 0.1) is 0 Å². The fraction of sp³-hybridized carbons (Fsp3) is 0.500. The third-order valence-corrected chi connectivity index (χ3v) is 6.30. The molecule has 0 aromatic heterocycles. The van der Waals surface area contributed by atoms with Crippen molar-refractivity contribution >= 4 is 27.3 Å². The maximum atomic E-state index is 12.8. The average Bonchev–Trinajstić information content (AvgIpc) is 2.54. The standard InChI is InChI=1S/C16H23N3O4S/c1-19(12-14(20)18-13-6-4-3-5-7-13)15(21)16(24(2,22)23)8-10-17-11-9-16/h3-7,17H,8-12H2,1-2H3,(H,18,20). The number of hydrogen-bond donors (Lipinski definition) is 2. The number of piperidine rings is 1. The number of carbonyl (C=O) groups excluding carboxylic acids is 2. The molecule has 1 aromatic carbocycles. The summed E-state index contributed by atoms with van der Waals surface area (Å²) in [4.78, 5) is 26.1. The van der Waals surface area contributed by atoms with Crippen LogP contribution in [0.1, 0.15) is 12.8 Å². The van der Waals surface area contributed by atoms with Gasteiger partial charge in [-0.25, -0.2) is 8.42 Å². The Bertz CT molecular complexity index is 697. The van der Waals surface area contributed by atoms with Gasteiger partial charge in [0.15, 0.2) is 14.6 Å². The summed E-state index contributed by atoms with van der Waals surface area (Å²) in [5.74, 6) is -0.885. The van der Waals surface area contributed by atoms with Gasteiger partial charge < -0.3 is 15.5 Å². The van der Waals surface area contributed by atoms with E-state index in [1.807, 2.05) is 6.07 Å². The summed E-state index contributed by atoms with van der Waals surface area (Å²) in [7, 11) is -2.13. The van der Waals surface area contributed by atoms with Crippen LogP contribution in [0.5, 0.6) is 0 Å². The van der Waals surface area contributed by atoms with Crippen LogP contribution in [-0.4, -0.2) is 62.8 Å². The molecule has 2 N–H and O–H groups in total. The SMILES string of the molecule is CN(CC(=O)Nc1ccccc1)C(=O)C1(S(C)(=O)=O)CCNCC1. The van der Waals surface area contributed by atoms with Gasteiger partial charge in [-0.3, -0.25) is 9.59 Å². The Morgan fingerprint density at radius 1 is 1.21 bits per heavy atom. The molecule has 2 amide bonds. The van der Waals surface area contributed by atoms with E-state index in [0.29, 0.717) is 18.8 Å². The van der Waals surface area contributed by atoms with E-state index in [0.717, 1.165) is 6.26 Å². The molecule has 7 nitrogen and oxygen atoms in total. The van der Waals surface area contributed by atoms with Gasteiger partial charge in [-0.1, -0.05) is 18.2 Å². The van der Waals surface area contributed by atoms with Crippen LogP contribution in [0.15, 0.2) is 30.3 Å². The molecule has 0 saturated carbocycles. The van der Waals surface area contributed by atoms with Crippen LogP contribution in [-0.2, 0) is 19.4 Å². The van der Waals surface area contributed by atoms with Crippen molar-refractivity contribution < 1.29 is 18.0 Å². The van der Waals surface area contributed by atoms with Crippen molar-refractivity contribution in [2.75, 3.05) is 38.3 Å². The minimum Gasteiger partial charge on any atom is -0.335 e. The van der Waals surface area contributed by atoms with Gasteiger partial charge in [0.1, 0.15) is 0 Å². The third kappa shape index (κ3) is 3.93. The first-order chi connectivity index (χ1) is 11.3. The molecule has 0 radical (unpaired) electrons. The molecule has 1 fully saturated rings. The Morgan fingerprint density at radius 2 is 1.79 bits per heavy atom. The lowest BCUT2D eigenvalue weighted by Crippen LogP contribution is -2.58. The Balaban J connectivity index is 2.08. The predicted octanol–water partition coefficient (Wildman–Crippen LogP) is 0.250. The summed E-state index contributed by atoms with van der Waals surface area (Å²) in [6.07, 6.45) is 1.53. The molecule has 1 aromatic rings. The van der Waals surface area contributed by atoms with E-state index >= 15 is 0 Å². The van der Waals surface area contributed by atoms with Crippen molar-refractivity contribution in [1.82, 2.24) is 10.2 Å². The highest BCUT2D eigenvalue weighted by molar-refractivity contribution is 7.92. The van der Waals surface area contributed by atoms with Crippen molar-refractivity contribution in [2.45, 2.75) is 17.6 Å². The highest BCUT2D eigenvalue weighted by atomic mass is 32.2. The highest BCUT2D eigenvalue weighted by Crippen LogP contribution is 2.29. The number of para-hydroxylation sites is 1. The zero-order chi connectivity index (χ0) is 17.8. The number of likely N-dealkylation sites (N-methyl/N-ethyl adjacent to an activating group) is 1. The molecule has 8 heteroatoms. The smallest absolute Gasteiger partial charge is 0.244 e. The minimum atomic E-state index is -3.59. The number of amides is 2. The van der Waals surface area contributed by atoms with Gasteiger partial charge in [0, 0.05) is 19.0 Å². The van der Waals surface area contributed by atoms with Crippen molar-refractivity contribution in [3.05, 3.63) is 30.3 Å². The molecule has 0 bridgehead atoms. The topological polar surface area (TPSA) is 95.6 Å². The van der Waals surface area contributed by atoms with Crippen LogP contribution in [0.25, 0.3) is 0 Å². The molecule has 1 aliphatic heterocycles. The summed E-state index contributed by atoms with van der Waals surface area (Å²) in [6.45, 7) is 0.726. The number of hydrogen-bond acceptors (Lipinski definition) is 5. The second kappa shape index (κ2) is 7.31. The first-order valence-corrected chi connectivity index (χ1v) is 9.66. The van der Waals surface area contributed by atoms with E-state index in [1.165, 1.54) is 11.9 Å². The molecule has 1 heterocycles. The number of nitrogens with zero attached hydrogens (tertiary/aromatic N) is 1. The first-order valence-electron chi connectivity index (χ1n) is 7.77. The second-order valence-electron chi connectivity index (χ2n) is 6.09. The Labute approximate surface area is 142 Å². The van der Waals surface area contributed by atoms with Crippen LogP contribution < -0.4 is 10.6 Å². The number of nitrogens with one attached hydrogen (secondary N) is 2. The summed E-state index contributed by atoms with van der Waals surface area (Å²) in [5, 5.41) is 5.75. The van der Waals surface area contributed by atoms with Crippen LogP contribution in [0.3, 0.4) is 0 Å². The normalized spacial score (nSPS) is 17.1. The van der Waals surface area contributed by atoms with Crippen molar-refractivity contribution in [3.8, 4) is 0 Å². The van der Waals surface area contributed by atoms with E-state index in [2.05, 4.69) is 10.6 Å². The second-order valence-corrected chi connectivity index (χ2v) is 8.42. The van der Waals surface area contributed by atoms with Crippen molar-refractivity contribution in [3.63, 3.8) is 0 Å². The summed E-state index contributed by atoms with van der Waals surface area (Å²) >= 11 is 0. The molecule has 132 valence electrons. The number of rotatable bonds is 5.